The van der Waals surface area contributed by atoms with E-state index in [2.05, 4.69) is 12.6 Å². The third-order valence-corrected chi connectivity index (χ3v) is 4.54. The van der Waals surface area contributed by atoms with Crippen molar-refractivity contribution in [2.24, 2.45) is 0 Å². The fourth-order valence-corrected chi connectivity index (χ4v) is 2.85. The molecule has 0 saturated heterocycles. The highest BCUT2D eigenvalue weighted by molar-refractivity contribution is 7.80. The van der Waals surface area contributed by atoms with Crippen LogP contribution in [0.1, 0.15) is 30.9 Å². The van der Waals surface area contributed by atoms with E-state index in [1.54, 1.807) is 19.2 Å². The maximum atomic E-state index is 12.5. The Labute approximate surface area is 181 Å². The van der Waals surface area contributed by atoms with Crippen molar-refractivity contribution < 1.29 is 28.2 Å². The van der Waals surface area contributed by atoms with Crippen LogP contribution in [0.2, 0.25) is 0 Å². The zero-order valence-corrected chi connectivity index (χ0v) is 17.5. The number of amides is 1. The van der Waals surface area contributed by atoms with Gasteiger partial charge in [0, 0.05) is 16.6 Å². The van der Waals surface area contributed by atoms with E-state index in [0.29, 0.717) is 10.5 Å². The summed E-state index contributed by atoms with van der Waals surface area (Å²) in [6.45, 7) is 1.90. The molecule has 166 valence electrons. The molecular weight excluding hydrogens is 433 g/mol. The summed E-state index contributed by atoms with van der Waals surface area (Å²) in [4.78, 5) is 13.6. The third kappa shape index (κ3) is 5.91. The van der Waals surface area contributed by atoms with Gasteiger partial charge >= 0.3 is 6.18 Å². The SMILES string of the molecule is CC(C)c1cc(C(=N)N(C(=N)C(=O)NCC(F)(F)F)c2ccc(S)cc2)c(O)cc1O. The first-order valence-electron chi connectivity index (χ1n) is 8.99. The number of nitrogens with zero attached hydrogens (tertiary/aromatic N) is 1. The summed E-state index contributed by atoms with van der Waals surface area (Å²) in [5, 5.41) is 38.6. The molecule has 7 nitrogen and oxygen atoms in total. The molecule has 0 spiro atoms. The highest BCUT2D eigenvalue weighted by Gasteiger charge is 2.31. The number of rotatable bonds is 4. The minimum atomic E-state index is -4.68. The highest BCUT2D eigenvalue weighted by atomic mass is 32.1. The molecule has 0 heterocycles. The van der Waals surface area contributed by atoms with Gasteiger partial charge in [-0.3, -0.25) is 20.5 Å². The van der Waals surface area contributed by atoms with Gasteiger partial charge in [0.1, 0.15) is 23.9 Å². The molecule has 0 aliphatic heterocycles. The number of hydrogen-bond acceptors (Lipinski definition) is 6. The van der Waals surface area contributed by atoms with E-state index in [9.17, 15) is 28.2 Å². The predicted molar refractivity (Wildman–Crippen MR) is 114 cm³/mol. The minimum Gasteiger partial charge on any atom is -0.508 e. The minimum absolute atomic E-state index is 0.119. The standard InChI is InChI=1S/C20H21F3N4O3S/c1-10(2)13-7-14(16(29)8-15(13)28)17(24)27(11-3-5-12(31)6-4-11)18(25)19(30)26-9-20(21,22)23/h3-8,10,24-25,28-29,31H,9H2,1-2H3,(H,26,30). The lowest BCUT2D eigenvalue weighted by Crippen LogP contribution is -2.48. The predicted octanol–water partition coefficient (Wildman–Crippen LogP) is 4.00. The van der Waals surface area contributed by atoms with Gasteiger partial charge in [-0.15, -0.1) is 12.6 Å². The van der Waals surface area contributed by atoms with Gasteiger partial charge in [0.25, 0.3) is 5.91 Å². The second-order valence-corrected chi connectivity index (χ2v) is 7.45. The van der Waals surface area contributed by atoms with Crippen LogP contribution in [0.5, 0.6) is 11.5 Å². The number of alkyl halides is 3. The number of phenols is 2. The van der Waals surface area contributed by atoms with E-state index in [1.807, 2.05) is 0 Å². The van der Waals surface area contributed by atoms with Gasteiger partial charge < -0.3 is 15.5 Å². The number of carbonyl (C=O) groups is 1. The van der Waals surface area contributed by atoms with E-state index in [4.69, 9.17) is 10.8 Å². The van der Waals surface area contributed by atoms with Crippen LogP contribution in [-0.4, -0.2) is 40.5 Å². The van der Waals surface area contributed by atoms with Gasteiger partial charge in [0.2, 0.25) is 0 Å². The fraction of sp³-hybridized carbons (Fsp3) is 0.250. The zero-order valence-electron chi connectivity index (χ0n) is 16.6. The Morgan fingerprint density at radius 3 is 2.23 bits per heavy atom. The number of benzene rings is 2. The summed E-state index contributed by atoms with van der Waals surface area (Å²) in [6.07, 6.45) is -4.68. The van der Waals surface area contributed by atoms with Gasteiger partial charge in [-0.25, -0.2) is 0 Å². The molecule has 2 rings (SSSR count). The summed E-state index contributed by atoms with van der Waals surface area (Å²) in [5.41, 5.74) is 0.398. The van der Waals surface area contributed by atoms with Crippen molar-refractivity contribution in [2.75, 3.05) is 11.4 Å². The van der Waals surface area contributed by atoms with Gasteiger partial charge in [-0.05, 0) is 41.8 Å². The molecule has 0 saturated carbocycles. The quantitative estimate of drug-likeness (QED) is 0.238. The van der Waals surface area contributed by atoms with E-state index < -0.39 is 36.0 Å². The van der Waals surface area contributed by atoms with Gasteiger partial charge in [-0.1, -0.05) is 13.8 Å². The Balaban J connectivity index is 2.52. The fourth-order valence-electron chi connectivity index (χ4n) is 2.70. The summed E-state index contributed by atoms with van der Waals surface area (Å²) in [5.74, 6) is -3.74. The Kier molecular flexibility index (Phi) is 7.21. The zero-order chi connectivity index (χ0) is 23.5. The summed E-state index contributed by atoms with van der Waals surface area (Å²) < 4.78 is 37.4. The molecule has 2 aromatic rings. The maximum absolute atomic E-state index is 12.5. The first-order valence-corrected chi connectivity index (χ1v) is 9.44. The first kappa shape index (κ1) is 24.1. The van der Waals surface area contributed by atoms with Crippen molar-refractivity contribution in [3.8, 4) is 11.5 Å². The van der Waals surface area contributed by atoms with Crippen molar-refractivity contribution in [3.63, 3.8) is 0 Å². The smallest absolute Gasteiger partial charge is 0.405 e. The molecule has 0 aromatic heterocycles. The molecule has 5 N–H and O–H groups in total. The number of halogens is 3. The van der Waals surface area contributed by atoms with Crippen molar-refractivity contribution in [1.82, 2.24) is 5.32 Å². The van der Waals surface area contributed by atoms with E-state index >= 15 is 0 Å². The second-order valence-electron chi connectivity index (χ2n) is 6.93. The van der Waals surface area contributed by atoms with Crippen molar-refractivity contribution in [3.05, 3.63) is 47.5 Å². The number of thiol groups is 1. The molecule has 0 atom stereocenters. The molecule has 0 unspecified atom stereocenters. The number of aromatic hydroxyl groups is 2. The van der Waals surface area contributed by atoms with Crippen molar-refractivity contribution in [1.29, 1.82) is 10.8 Å². The van der Waals surface area contributed by atoms with Gasteiger partial charge in [0.15, 0.2) is 5.84 Å². The molecule has 0 bridgehead atoms. The van der Waals surface area contributed by atoms with E-state index in [-0.39, 0.29) is 22.9 Å². The number of anilines is 1. The number of nitrogens with one attached hydrogen (secondary N) is 3. The summed E-state index contributed by atoms with van der Waals surface area (Å²) >= 11 is 4.14. The van der Waals surface area contributed by atoms with Crippen molar-refractivity contribution >= 4 is 35.9 Å². The molecule has 0 fully saturated rings. The average molecular weight is 454 g/mol. The average Bonchev–Trinajstić information content (AvgIpc) is 2.66. The van der Waals surface area contributed by atoms with Crippen LogP contribution in [-0.2, 0) is 4.79 Å². The Morgan fingerprint density at radius 1 is 1.13 bits per heavy atom. The first-order chi connectivity index (χ1) is 14.3. The lowest BCUT2D eigenvalue weighted by molar-refractivity contribution is -0.134. The number of phenolic OH excluding ortho intramolecular Hbond substituents is 2. The van der Waals surface area contributed by atoms with Crippen LogP contribution in [0.25, 0.3) is 0 Å². The Morgan fingerprint density at radius 2 is 1.71 bits per heavy atom. The van der Waals surface area contributed by atoms with Crippen LogP contribution < -0.4 is 10.2 Å². The molecule has 2 aromatic carbocycles. The molecule has 0 aliphatic carbocycles. The molecule has 1 amide bonds. The molecule has 31 heavy (non-hydrogen) atoms. The number of carbonyl (C=O) groups excluding carboxylic acids is 1. The largest absolute Gasteiger partial charge is 0.508 e. The Bertz CT molecular complexity index is 1010. The van der Waals surface area contributed by atoms with Crippen LogP contribution in [0.4, 0.5) is 18.9 Å². The van der Waals surface area contributed by atoms with Crippen LogP contribution in [0, 0.1) is 10.8 Å². The van der Waals surface area contributed by atoms with Gasteiger partial charge in [-0.2, -0.15) is 13.2 Å². The summed E-state index contributed by atoms with van der Waals surface area (Å²) in [7, 11) is 0. The van der Waals surface area contributed by atoms with E-state index in [0.717, 1.165) is 11.0 Å². The lowest BCUT2D eigenvalue weighted by atomic mass is 9.98. The molecular formula is C20H21F3N4O3S. The number of amidine groups is 2. The van der Waals surface area contributed by atoms with Crippen LogP contribution in [0.15, 0.2) is 41.3 Å². The van der Waals surface area contributed by atoms with Crippen LogP contribution >= 0.6 is 12.6 Å². The molecule has 0 radical (unpaired) electrons. The lowest BCUT2D eigenvalue weighted by Gasteiger charge is -2.26. The van der Waals surface area contributed by atoms with Crippen LogP contribution in [0.3, 0.4) is 0 Å². The number of hydrogen-bond donors (Lipinski definition) is 6. The Hall–Kier alpha value is -3.21. The highest BCUT2D eigenvalue weighted by Crippen LogP contribution is 2.33. The normalized spacial score (nSPS) is 11.3. The summed E-state index contributed by atoms with van der Waals surface area (Å²) in [6, 6.07) is 8.22. The van der Waals surface area contributed by atoms with Gasteiger partial charge in [0.05, 0.1) is 5.56 Å². The third-order valence-electron chi connectivity index (χ3n) is 4.24. The molecule has 11 heteroatoms. The second kappa shape index (κ2) is 9.29. The molecule has 0 aliphatic rings. The maximum Gasteiger partial charge on any atom is 0.405 e. The van der Waals surface area contributed by atoms with E-state index in [1.165, 1.54) is 30.3 Å². The monoisotopic (exact) mass is 454 g/mol. The van der Waals surface area contributed by atoms with Crippen molar-refractivity contribution in [2.45, 2.75) is 30.8 Å². The topological polar surface area (TPSA) is 121 Å².